The van der Waals surface area contributed by atoms with Crippen LogP contribution in [0.2, 0.25) is 0 Å². The zero-order valence-corrected chi connectivity index (χ0v) is 14.9. The minimum atomic E-state index is -0.140. The molecule has 1 aromatic carbocycles. The number of hydrogen-bond acceptors (Lipinski definition) is 7. The normalized spacial score (nSPS) is 26.7. The molecule has 0 spiro atoms. The molecule has 2 N–H and O–H groups in total. The molecule has 1 aliphatic carbocycles. The molecule has 0 radical (unpaired) electrons. The molecular formula is C19H20N6O2. The number of fused-ring (bicyclic) bond motifs is 2. The third-order valence-electron chi connectivity index (χ3n) is 5.62. The second-order valence-corrected chi connectivity index (χ2v) is 6.98. The minimum Gasteiger partial charge on any atom is -0.396 e. The topological polar surface area (TPSA) is 97.5 Å². The standard InChI is InChI=1S/C19H20N6O2/c1-20-18-16-19(22-9-21-18)25(10-23-16)13-7-12(8-26)17-14(13)15(24-27-17)11-5-3-2-4-6-11/h2-6,9-10,12-14,17,26H,7-8H2,1H3,(H,20,21,22)/t12-,13+,14+,17+/m0/s1. The van der Waals surface area contributed by atoms with E-state index in [-0.39, 0.29) is 30.6 Å². The molecule has 0 unspecified atom stereocenters. The van der Waals surface area contributed by atoms with Gasteiger partial charge in [0.05, 0.1) is 18.0 Å². The van der Waals surface area contributed by atoms with Crippen molar-refractivity contribution in [2.24, 2.45) is 17.0 Å². The fourth-order valence-electron chi connectivity index (χ4n) is 4.37. The van der Waals surface area contributed by atoms with Gasteiger partial charge in [-0.15, -0.1) is 0 Å². The van der Waals surface area contributed by atoms with Gasteiger partial charge in [-0.2, -0.15) is 0 Å². The maximum atomic E-state index is 9.89. The van der Waals surface area contributed by atoms with Crippen molar-refractivity contribution in [2.45, 2.75) is 18.6 Å². The summed E-state index contributed by atoms with van der Waals surface area (Å²) in [6.45, 7) is 0.0681. The van der Waals surface area contributed by atoms with Gasteiger partial charge in [-0.25, -0.2) is 15.0 Å². The number of oxime groups is 1. The fraction of sp³-hybridized carbons (Fsp3) is 0.368. The Bertz CT molecular complexity index is 1000. The molecule has 8 nitrogen and oxygen atoms in total. The van der Waals surface area contributed by atoms with Gasteiger partial charge in [0.25, 0.3) is 0 Å². The van der Waals surface area contributed by atoms with Crippen LogP contribution in [-0.2, 0) is 4.84 Å². The molecule has 0 saturated heterocycles. The first-order valence-corrected chi connectivity index (χ1v) is 9.07. The SMILES string of the molecule is CNc1ncnc2c1ncn2[C@@H]1C[C@@H](CO)[C@H]2ON=C(c3ccccc3)[C@H]21. The van der Waals surface area contributed by atoms with Crippen LogP contribution >= 0.6 is 0 Å². The summed E-state index contributed by atoms with van der Waals surface area (Å²) in [7, 11) is 1.82. The highest BCUT2D eigenvalue weighted by molar-refractivity contribution is 6.03. The Morgan fingerprint density at radius 3 is 2.85 bits per heavy atom. The van der Waals surface area contributed by atoms with Crippen LogP contribution in [0.5, 0.6) is 0 Å². The Morgan fingerprint density at radius 1 is 1.22 bits per heavy atom. The number of anilines is 1. The second-order valence-electron chi connectivity index (χ2n) is 6.98. The number of aliphatic hydroxyl groups excluding tert-OH is 1. The quantitative estimate of drug-likeness (QED) is 0.733. The summed E-state index contributed by atoms with van der Waals surface area (Å²) in [5.41, 5.74) is 3.48. The van der Waals surface area contributed by atoms with Crippen LogP contribution in [0.3, 0.4) is 0 Å². The van der Waals surface area contributed by atoms with Crippen molar-refractivity contribution in [2.75, 3.05) is 19.0 Å². The molecular weight excluding hydrogens is 344 g/mol. The van der Waals surface area contributed by atoms with Crippen LogP contribution in [-0.4, -0.2) is 50.1 Å². The molecule has 5 rings (SSSR count). The number of benzene rings is 1. The molecule has 8 heteroatoms. The van der Waals surface area contributed by atoms with Crippen LogP contribution in [0.15, 0.2) is 48.1 Å². The van der Waals surface area contributed by atoms with Crippen molar-refractivity contribution in [1.82, 2.24) is 19.5 Å². The van der Waals surface area contributed by atoms with E-state index in [1.807, 2.05) is 43.7 Å². The first kappa shape index (κ1) is 16.2. The molecule has 1 saturated carbocycles. The minimum absolute atomic E-state index is 0.0213. The third-order valence-corrected chi connectivity index (χ3v) is 5.62. The number of nitrogens with one attached hydrogen (secondary N) is 1. The van der Waals surface area contributed by atoms with Crippen molar-refractivity contribution >= 4 is 22.7 Å². The summed E-state index contributed by atoms with van der Waals surface area (Å²) in [5.74, 6) is 0.759. The molecule has 3 aromatic rings. The third kappa shape index (κ3) is 2.40. The van der Waals surface area contributed by atoms with E-state index in [0.717, 1.165) is 28.9 Å². The summed E-state index contributed by atoms with van der Waals surface area (Å²) < 4.78 is 2.08. The Labute approximate surface area is 155 Å². The fourth-order valence-corrected chi connectivity index (χ4v) is 4.37. The van der Waals surface area contributed by atoms with E-state index >= 15 is 0 Å². The van der Waals surface area contributed by atoms with Crippen molar-refractivity contribution in [1.29, 1.82) is 0 Å². The van der Waals surface area contributed by atoms with E-state index in [1.165, 1.54) is 0 Å². The molecule has 27 heavy (non-hydrogen) atoms. The first-order valence-electron chi connectivity index (χ1n) is 9.07. The zero-order chi connectivity index (χ0) is 18.4. The largest absolute Gasteiger partial charge is 0.396 e. The summed E-state index contributed by atoms with van der Waals surface area (Å²) >= 11 is 0. The number of aliphatic hydroxyl groups is 1. The van der Waals surface area contributed by atoms with E-state index in [9.17, 15) is 5.11 Å². The summed E-state index contributed by atoms with van der Waals surface area (Å²) in [5, 5.41) is 17.3. The summed E-state index contributed by atoms with van der Waals surface area (Å²) in [6.07, 6.45) is 3.99. The van der Waals surface area contributed by atoms with Gasteiger partial charge in [-0.05, 0) is 12.0 Å². The highest BCUT2D eigenvalue weighted by atomic mass is 16.6. The lowest BCUT2D eigenvalue weighted by molar-refractivity contribution is 0.0206. The molecule has 0 bridgehead atoms. The number of hydrogen-bond donors (Lipinski definition) is 2. The van der Waals surface area contributed by atoms with Gasteiger partial charge in [-0.1, -0.05) is 35.5 Å². The predicted molar refractivity (Wildman–Crippen MR) is 100 cm³/mol. The Hall–Kier alpha value is -3.00. The smallest absolute Gasteiger partial charge is 0.165 e. The van der Waals surface area contributed by atoms with Crippen LogP contribution in [0.1, 0.15) is 18.0 Å². The van der Waals surface area contributed by atoms with Gasteiger partial charge in [0.15, 0.2) is 11.5 Å². The molecule has 2 aliphatic rings. The van der Waals surface area contributed by atoms with Crippen LogP contribution in [0.4, 0.5) is 5.82 Å². The Balaban J connectivity index is 1.60. The molecule has 0 amide bonds. The molecule has 2 aromatic heterocycles. The predicted octanol–water partition coefficient (Wildman–Crippen LogP) is 1.84. The average molecular weight is 364 g/mol. The molecule has 3 heterocycles. The van der Waals surface area contributed by atoms with Crippen LogP contribution < -0.4 is 5.32 Å². The molecule has 138 valence electrons. The van der Waals surface area contributed by atoms with E-state index in [1.54, 1.807) is 6.33 Å². The second kappa shape index (κ2) is 6.31. The molecule has 1 fully saturated rings. The number of imidazole rings is 1. The van der Waals surface area contributed by atoms with E-state index in [4.69, 9.17) is 4.84 Å². The average Bonchev–Trinajstić information content (AvgIpc) is 3.42. The van der Waals surface area contributed by atoms with Crippen LogP contribution in [0, 0.1) is 11.8 Å². The van der Waals surface area contributed by atoms with Crippen molar-refractivity contribution in [3.63, 3.8) is 0 Å². The van der Waals surface area contributed by atoms with Gasteiger partial charge < -0.3 is 19.8 Å². The van der Waals surface area contributed by atoms with Gasteiger partial charge in [0, 0.05) is 25.6 Å². The van der Waals surface area contributed by atoms with Gasteiger partial charge in [-0.3, -0.25) is 0 Å². The van der Waals surface area contributed by atoms with Crippen molar-refractivity contribution in [3.8, 4) is 0 Å². The van der Waals surface area contributed by atoms with Gasteiger partial charge in [0.1, 0.15) is 17.9 Å². The van der Waals surface area contributed by atoms with E-state index < -0.39 is 0 Å². The van der Waals surface area contributed by atoms with E-state index in [2.05, 4.69) is 30.0 Å². The highest BCUT2D eigenvalue weighted by Gasteiger charge is 2.52. The van der Waals surface area contributed by atoms with E-state index in [0.29, 0.717) is 5.82 Å². The number of nitrogens with zero attached hydrogens (tertiary/aromatic N) is 5. The van der Waals surface area contributed by atoms with Crippen molar-refractivity contribution in [3.05, 3.63) is 48.5 Å². The van der Waals surface area contributed by atoms with Gasteiger partial charge >= 0.3 is 0 Å². The lowest BCUT2D eigenvalue weighted by atomic mass is 9.90. The Kier molecular flexibility index (Phi) is 3.78. The summed E-state index contributed by atoms with van der Waals surface area (Å²) in [4.78, 5) is 19.0. The molecule has 1 aliphatic heterocycles. The molecule has 4 atom stereocenters. The monoisotopic (exact) mass is 364 g/mol. The number of aromatic nitrogens is 4. The lowest BCUT2D eigenvalue weighted by Gasteiger charge is -2.20. The lowest BCUT2D eigenvalue weighted by Crippen LogP contribution is -2.28. The van der Waals surface area contributed by atoms with Crippen molar-refractivity contribution < 1.29 is 9.94 Å². The maximum absolute atomic E-state index is 9.89. The highest BCUT2D eigenvalue weighted by Crippen LogP contribution is 2.47. The van der Waals surface area contributed by atoms with Crippen LogP contribution in [0.25, 0.3) is 11.2 Å². The van der Waals surface area contributed by atoms with Gasteiger partial charge in [0.2, 0.25) is 0 Å². The summed E-state index contributed by atoms with van der Waals surface area (Å²) in [6, 6.07) is 10.1. The zero-order valence-electron chi connectivity index (χ0n) is 14.9. The number of rotatable bonds is 4. The first-order chi connectivity index (χ1) is 13.3. The Morgan fingerprint density at radius 2 is 2.07 bits per heavy atom. The maximum Gasteiger partial charge on any atom is 0.165 e.